The van der Waals surface area contributed by atoms with Gasteiger partial charge in [-0.2, -0.15) is 0 Å². The molecule has 59 heavy (non-hydrogen) atoms. The molecule has 3 nitrogen and oxygen atoms in total. The Hall–Kier alpha value is -3.95. The van der Waals surface area contributed by atoms with E-state index in [9.17, 15) is 13.2 Å². The molecule has 2 heterocycles. The molecule has 11 atom stereocenters. The molecule has 9 rings (SSSR count). The van der Waals surface area contributed by atoms with E-state index < -0.39 is 49.3 Å². The molecule has 0 radical (unpaired) electrons. The molecule has 2 aliphatic heterocycles. The van der Waals surface area contributed by atoms with Crippen LogP contribution in [-0.2, 0) is 11.3 Å². The van der Waals surface area contributed by atoms with Crippen molar-refractivity contribution in [1.29, 1.82) is 0 Å². The average molecular weight is 825 g/mol. The van der Waals surface area contributed by atoms with Crippen LogP contribution in [0, 0.1) is 59.7 Å². The second-order valence-electron chi connectivity index (χ2n) is 19.5. The van der Waals surface area contributed by atoms with Crippen LogP contribution < -0.4 is 9.80 Å². The van der Waals surface area contributed by atoms with Crippen molar-refractivity contribution >= 4 is 19.4 Å². The lowest BCUT2D eigenvalue weighted by atomic mass is 9.88. The van der Waals surface area contributed by atoms with E-state index in [1.54, 1.807) is 0 Å². The number of rotatable bonds is 11. The fourth-order valence-corrected chi connectivity index (χ4v) is 20.0. The van der Waals surface area contributed by atoms with Gasteiger partial charge in [-0.25, -0.2) is 22.0 Å². The molecule has 3 aromatic carbocycles. The van der Waals surface area contributed by atoms with Gasteiger partial charge in [-0.15, -0.1) is 0 Å². The van der Waals surface area contributed by atoms with E-state index in [4.69, 9.17) is 4.74 Å². The molecular formula is C50H57F5N2OSi. The van der Waals surface area contributed by atoms with Crippen LogP contribution in [0.25, 0.3) is 0 Å². The Morgan fingerprint density at radius 3 is 1.85 bits per heavy atom. The Balaban J connectivity index is 1.17. The predicted molar refractivity (Wildman–Crippen MR) is 230 cm³/mol. The highest BCUT2D eigenvalue weighted by Gasteiger charge is 2.68. The van der Waals surface area contributed by atoms with Crippen LogP contribution in [0.1, 0.15) is 80.5 Å². The molecule has 0 amide bonds. The van der Waals surface area contributed by atoms with Crippen LogP contribution in [0.3, 0.4) is 0 Å². The van der Waals surface area contributed by atoms with Crippen molar-refractivity contribution in [1.82, 2.24) is 0 Å². The number of hydrogen-bond acceptors (Lipinski definition) is 3. The number of benzene rings is 3. The van der Waals surface area contributed by atoms with E-state index in [1.165, 1.54) is 11.3 Å². The summed E-state index contributed by atoms with van der Waals surface area (Å²) in [5.74, 6) is -8.16. The van der Waals surface area contributed by atoms with Gasteiger partial charge in [0.2, 0.25) is 5.82 Å². The van der Waals surface area contributed by atoms with Gasteiger partial charge >= 0.3 is 0 Å². The first-order valence-corrected chi connectivity index (χ1v) is 24.6. The number of halogens is 5. The Kier molecular flexibility index (Phi) is 10.4. The van der Waals surface area contributed by atoms with Gasteiger partial charge in [0, 0.05) is 72.9 Å². The molecule has 0 saturated heterocycles. The van der Waals surface area contributed by atoms with E-state index in [2.05, 4.69) is 125 Å². The SMILES string of the molecule is Cc1ccc2c(c1)C1C(C3C=CC=CC3C1[Si](C)(CCCCCCOC(C)(C)C)C1C3C=CC=CC3C3C1c1ccccc1N3C)N2Cc1c(F)c(F)c(F)c(F)c1F. The Bertz CT molecular complexity index is 2220. The van der Waals surface area contributed by atoms with Gasteiger partial charge < -0.3 is 14.5 Å². The minimum Gasteiger partial charge on any atom is -0.376 e. The van der Waals surface area contributed by atoms with Crippen molar-refractivity contribution in [2.24, 2.45) is 23.7 Å². The number of hydrogen-bond donors (Lipinski definition) is 0. The Morgan fingerprint density at radius 2 is 1.20 bits per heavy atom. The number of anilines is 2. The summed E-state index contributed by atoms with van der Waals surface area (Å²) in [5.41, 5.74) is 5.58. The molecule has 0 bridgehead atoms. The molecule has 0 spiro atoms. The third-order valence-corrected chi connectivity index (χ3v) is 21.2. The van der Waals surface area contributed by atoms with Crippen LogP contribution in [0.5, 0.6) is 0 Å². The molecule has 6 aliphatic rings. The number of para-hydroxylation sites is 1. The van der Waals surface area contributed by atoms with Crippen LogP contribution in [0.15, 0.2) is 91.1 Å². The van der Waals surface area contributed by atoms with Crippen LogP contribution in [-0.4, -0.2) is 39.4 Å². The molecule has 2 fully saturated rings. The van der Waals surface area contributed by atoms with E-state index in [-0.39, 0.29) is 34.9 Å². The Morgan fingerprint density at radius 1 is 0.644 bits per heavy atom. The molecule has 9 heteroatoms. The zero-order valence-electron chi connectivity index (χ0n) is 35.1. The summed E-state index contributed by atoms with van der Waals surface area (Å²) in [6.07, 6.45) is 22.7. The summed E-state index contributed by atoms with van der Waals surface area (Å²) in [4.78, 5) is 4.56. The van der Waals surface area contributed by atoms with Crippen LogP contribution in [0.2, 0.25) is 23.7 Å². The van der Waals surface area contributed by atoms with Crippen molar-refractivity contribution in [3.05, 3.63) is 142 Å². The third-order valence-electron chi connectivity index (χ3n) is 15.2. The topological polar surface area (TPSA) is 15.7 Å². The lowest BCUT2D eigenvalue weighted by molar-refractivity contribution is -0.00471. The zero-order chi connectivity index (χ0) is 41.5. The number of unbranched alkanes of at least 4 members (excludes halogenated alkanes) is 3. The number of allylic oxidation sites excluding steroid dienone is 6. The van der Waals surface area contributed by atoms with Crippen molar-refractivity contribution in [2.75, 3.05) is 23.5 Å². The highest BCUT2D eigenvalue weighted by atomic mass is 28.3. The fourth-order valence-electron chi connectivity index (χ4n) is 13.1. The maximum Gasteiger partial charge on any atom is 0.200 e. The van der Waals surface area contributed by atoms with E-state index >= 15 is 8.78 Å². The molecular weight excluding hydrogens is 768 g/mol. The maximum absolute atomic E-state index is 15.6. The molecule has 312 valence electrons. The minimum absolute atomic E-state index is 0.00123. The van der Waals surface area contributed by atoms with E-state index in [0.717, 1.165) is 55.1 Å². The van der Waals surface area contributed by atoms with Gasteiger partial charge in [0.25, 0.3) is 0 Å². The number of nitrogens with zero attached hydrogens (tertiary/aromatic N) is 2. The van der Waals surface area contributed by atoms with Gasteiger partial charge in [0.05, 0.1) is 13.7 Å². The monoisotopic (exact) mass is 824 g/mol. The van der Waals surface area contributed by atoms with Gasteiger partial charge in [-0.05, 0) is 80.3 Å². The summed E-state index contributed by atoms with van der Waals surface area (Å²) in [7, 11) is -0.220. The smallest absolute Gasteiger partial charge is 0.200 e. The van der Waals surface area contributed by atoms with Crippen LogP contribution >= 0.6 is 0 Å². The average Bonchev–Trinajstić information content (AvgIpc) is 3.93. The second kappa shape index (κ2) is 15.2. The third kappa shape index (κ3) is 6.50. The van der Waals surface area contributed by atoms with Crippen molar-refractivity contribution in [3.8, 4) is 0 Å². The highest BCUT2D eigenvalue weighted by Crippen LogP contribution is 2.72. The van der Waals surface area contributed by atoms with Crippen molar-refractivity contribution in [2.45, 2.75) is 113 Å². The zero-order valence-corrected chi connectivity index (χ0v) is 36.1. The molecule has 0 N–H and O–H groups in total. The lowest BCUT2D eigenvalue weighted by Crippen LogP contribution is -2.48. The normalized spacial score (nSPS) is 30.6. The van der Waals surface area contributed by atoms with E-state index in [1.807, 2.05) is 17.0 Å². The second-order valence-corrected chi connectivity index (χ2v) is 24.3. The van der Waals surface area contributed by atoms with Gasteiger partial charge in [-0.3, -0.25) is 0 Å². The van der Waals surface area contributed by atoms with Crippen molar-refractivity contribution in [3.63, 3.8) is 0 Å². The standard InChI is InChI=1S/C50H57F5N2OSi/c1-29-23-24-38-35(27-29)40-47(57(38)28-36-41(51)43(53)45(55)44(54)42(36)52)31-18-10-12-20-33(31)49(40)59(6,26-16-8-7-15-25-58-50(2,3)4)48-32-19-11-9-17-30(32)46-39(48)34-21-13-14-22-37(34)56(46)5/h9-14,17-24,27,30-33,39-40,46-49H,7-8,15-16,25-26,28H2,1-6H3. The molecule has 11 unspecified atom stereocenters. The lowest BCUT2D eigenvalue weighted by Gasteiger charge is -2.48. The first-order valence-electron chi connectivity index (χ1n) is 21.8. The first-order chi connectivity index (χ1) is 28.2. The summed E-state index contributed by atoms with van der Waals surface area (Å²) in [5, 5.41) is 0. The largest absolute Gasteiger partial charge is 0.376 e. The van der Waals surface area contributed by atoms with Crippen molar-refractivity contribution < 1.29 is 26.7 Å². The highest BCUT2D eigenvalue weighted by molar-refractivity contribution is 6.82. The number of fused-ring (bicyclic) bond motifs is 10. The van der Waals surface area contributed by atoms with Gasteiger partial charge in [0.1, 0.15) is 0 Å². The van der Waals surface area contributed by atoms with Crippen LogP contribution in [0.4, 0.5) is 33.3 Å². The van der Waals surface area contributed by atoms with Gasteiger partial charge in [-0.1, -0.05) is 116 Å². The number of likely N-dealkylation sites (N-methyl/N-ethyl adjacent to an activating group) is 1. The first kappa shape index (κ1) is 40.5. The molecule has 2 saturated carbocycles. The summed E-state index contributed by atoms with van der Waals surface area (Å²) >= 11 is 0. The maximum atomic E-state index is 15.6. The minimum atomic E-state index is -2.50. The van der Waals surface area contributed by atoms with E-state index in [0.29, 0.717) is 29.3 Å². The summed E-state index contributed by atoms with van der Waals surface area (Å²) < 4.78 is 81.2. The molecule has 3 aromatic rings. The number of ether oxygens (including phenoxy) is 1. The number of aryl methyl sites for hydroxylation is 1. The quantitative estimate of drug-likeness (QED) is 0.0630. The fraction of sp³-hybridized carbons (Fsp3) is 0.480. The predicted octanol–water partition coefficient (Wildman–Crippen LogP) is 12.7. The molecule has 0 aromatic heterocycles. The van der Waals surface area contributed by atoms with Gasteiger partial charge in [0.15, 0.2) is 23.3 Å². The molecule has 4 aliphatic carbocycles. The summed E-state index contributed by atoms with van der Waals surface area (Å²) in [6.45, 7) is 11.4. The Labute approximate surface area is 347 Å². The summed E-state index contributed by atoms with van der Waals surface area (Å²) in [6, 6.07) is 16.5.